The van der Waals surface area contributed by atoms with E-state index < -0.39 is 11.9 Å². The van der Waals surface area contributed by atoms with Crippen molar-refractivity contribution in [3.63, 3.8) is 0 Å². The molecule has 2 aromatic carbocycles. The van der Waals surface area contributed by atoms with Crippen LogP contribution in [0.25, 0.3) is 6.08 Å². The molecule has 1 N–H and O–H groups in total. The van der Waals surface area contributed by atoms with E-state index in [0.717, 1.165) is 0 Å². The van der Waals surface area contributed by atoms with Gasteiger partial charge in [0.15, 0.2) is 17.2 Å². The highest BCUT2D eigenvalue weighted by molar-refractivity contribution is 6.13. The van der Waals surface area contributed by atoms with Crippen LogP contribution in [0.15, 0.2) is 53.2 Å². The molecule has 1 heterocycles. The van der Waals surface area contributed by atoms with Gasteiger partial charge in [-0.3, -0.25) is 0 Å². The minimum Gasteiger partial charge on any atom is -0.490 e. The Hall–Kier alpha value is -3.61. The Labute approximate surface area is 161 Å². The number of carboxylic acid groups (broad SMARTS) is 1. The fraction of sp³-hybridized carbons (Fsp3) is 0.190. The van der Waals surface area contributed by atoms with Gasteiger partial charge in [-0.2, -0.15) is 0 Å². The maximum Gasteiger partial charge on any atom is 0.363 e. The second kappa shape index (κ2) is 8.39. The van der Waals surface area contributed by atoms with E-state index in [2.05, 4.69) is 4.99 Å². The van der Waals surface area contributed by atoms with Crippen LogP contribution in [-0.2, 0) is 9.53 Å². The molecular weight excluding hydrogens is 362 g/mol. The molecule has 3 rings (SSSR count). The minimum atomic E-state index is -1.01. The van der Waals surface area contributed by atoms with E-state index in [9.17, 15) is 9.59 Å². The van der Waals surface area contributed by atoms with Gasteiger partial charge in [0, 0.05) is 5.56 Å². The molecule has 0 radical (unpaired) electrons. The quantitative estimate of drug-likeness (QED) is 0.582. The third-order valence-corrected chi connectivity index (χ3v) is 3.87. The molecule has 0 unspecified atom stereocenters. The van der Waals surface area contributed by atoms with Crippen LogP contribution >= 0.6 is 0 Å². The predicted octanol–water partition coefficient (Wildman–Crippen LogP) is 3.53. The Kier molecular flexibility index (Phi) is 5.74. The van der Waals surface area contributed by atoms with E-state index in [-0.39, 0.29) is 17.2 Å². The SMILES string of the molecule is CCOc1ccc(C2=N/C(=C/c3ccc(C(=O)O)cc3)C(=O)O2)cc1OCC. The van der Waals surface area contributed by atoms with Crippen molar-refractivity contribution in [3.8, 4) is 11.5 Å². The van der Waals surface area contributed by atoms with Crippen molar-refractivity contribution in [2.24, 2.45) is 4.99 Å². The number of ether oxygens (including phenoxy) is 3. The molecule has 0 aromatic heterocycles. The molecule has 0 aliphatic carbocycles. The normalized spacial score (nSPS) is 14.6. The fourth-order valence-electron chi connectivity index (χ4n) is 2.60. The number of cyclic esters (lactones) is 1. The smallest absolute Gasteiger partial charge is 0.363 e. The lowest BCUT2D eigenvalue weighted by molar-refractivity contribution is -0.129. The number of benzene rings is 2. The molecule has 0 saturated carbocycles. The zero-order chi connectivity index (χ0) is 20.1. The standard InChI is InChI=1S/C21H19NO6/c1-3-26-17-10-9-15(12-18(17)27-4-2)19-22-16(21(25)28-19)11-13-5-7-14(8-6-13)20(23)24/h5-12H,3-4H2,1-2H3,(H,23,24)/b16-11+. The Morgan fingerprint density at radius 3 is 2.39 bits per heavy atom. The largest absolute Gasteiger partial charge is 0.490 e. The van der Waals surface area contributed by atoms with Gasteiger partial charge >= 0.3 is 11.9 Å². The number of aliphatic imine (C=N–C) groups is 1. The van der Waals surface area contributed by atoms with Gasteiger partial charge in [-0.15, -0.1) is 0 Å². The number of aromatic carboxylic acids is 1. The van der Waals surface area contributed by atoms with Gasteiger partial charge in [-0.1, -0.05) is 12.1 Å². The second-order valence-electron chi connectivity index (χ2n) is 5.79. The van der Waals surface area contributed by atoms with Crippen molar-refractivity contribution in [2.75, 3.05) is 13.2 Å². The van der Waals surface area contributed by atoms with Crippen molar-refractivity contribution in [1.29, 1.82) is 0 Å². The Morgan fingerprint density at radius 2 is 1.75 bits per heavy atom. The molecule has 0 fully saturated rings. The Balaban J connectivity index is 1.88. The van der Waals surface area contributed by atoms with E-state index >= 15 is 0 Å². The van der Waals surface area contributed by atoms with Crippen LogP contribution in [0.3, 0.4) is 0 Å². The van der Waals surface area contributed by atoms with Crippen LogP contribution in [0.1, 0.15) is 35.3 Å². The monoisotopic (exact) mass is 381 g/mol. The highest BCUT2D eigenvalue weighted by Gasteiger charge is 2.25. The topological polar surface area (TPSA) is 94.4 Å². The van der Waals surface area contributed by atoms with Gasteiger partial charge in [0.05, 0.1) is 18.8 Å². The van der Waals surface area contributed by atoms with Gasteiger partial charge < -0.3 is 19.3 Å². The number of carboxylic acids is 1. The first kappa shape index (κ1) is 19.2. The van der Waals surface area contributed by atoms with Crippen molar-refractivity contribution in [3.05, 3.63) is 64.9 Å². The van der Waals surface area contributed by atoms with Gasteiger partial charge in [0.2, 0.25) is 5.90 Å². The molecule has 0 saturated heterocycles. The number of hydrogen-bond acceptors (Lipinski definition) is 6. The second-order valence-corrected chi connectivity index (χ2v) is 5.79. The van der Waals surface area contributed by atoms with Gasteiger partial charge in [0.1, 0.15) is 0 Å². The Morgan fingerprint density at radius 1 is 1.07 bits per heavy atom. The summed E-state index contributed by atoms with van der Waals surface area (Å²) in [6.07, 6.45) is 1.54. The summed E-state index contributed by atoms with van der Waals surface area (Å²) < 4.78 is 16.4. The molecule has 28 heavy (non-hydrogen) atoms. The lowest BCUT2D eigenvalue weighted by Crippen LogP contribution is -2.06. The molecule has 0 spiro atoms. The highest BCUT2D eigenvalue weighted by atomic mass is 16.6. The summed E-state index contributed by atoms with van der Waals surface area (Å²) in [5.74, 6) is -0.276. The molecule has 1 aliphatic heterocycles. The summed E-state index contributed by atoms with van der Waals surface area (Å²) in [4.78, 5) is 27.3. The summed E-state index contributed by atoms with van der Waals surface area (Å²) in [6.45, 7) is 4.72. The highest BCUT2D eigenvalue weighted by Crippen LogP contribution is 2.30. The molecule has 144 valence electrons. The van der Waals surface area contributed by atoms with Gasteiger partial charge in [-0.25, -0.2) is 14.6 Å². The summed E-state index contributed by atoms with van der Waals surface area (Å²) in [5.41, 5.74) is 1.52. The summed E-state index contributed by atoms with van der Waals surface area (Å²) >= 11 is 0. The van der Waals surface area contributed by atoms with Crippen LogP contribution in [0, 0.1) is 0 Å². The van der Waals surface area contributed by atoms with E-state index in [1.54, 1.807) is 36.4 Å². The third kappa shape index (κ3) is 4.20. The van der Waals surface area contributed by atoms with Crippen molar-refractivity contribution >= 4 is 23.9 Å². The van der Waals surface area contributed by atoms with E-state index in [0.29, 0.717) is 35.8 Å². The van der Waals surface area contributed by atoms with Crippen LogP contribution < -0.4 is 9.47 Å². The average Bonchev–Trinajstić information content (AvgIpc) is 3.04. The molecule has 0 bridgehead atoms. The van der Waals surface area contributed by atoms with Crippen molar-refractivity contribution in [1.82, 2.24) is 0 Å². The van der Waals surface area contributed by atoms with E-state index in [1.165, 1.54) is 12.1 Å². The molecule has 7 nitrogen and oxygen atoms in total. The molecule has 2 aromatic rings. The van der Waals surface area contributed by atoms with Gasteiger partial charge in [-0.05, 0) is 55.8 Å². The van der Waals surface area contributed by atoms with E-state index in [4.69, 9.17) is 19.3 Å². The first-order valence-corrected chi connectivity index (χ1v) is 8.77. The maximum atomic E-state index is 12.2. The van der Waals surface area contributed by atoms with Crippen LogP contribution in [0.4, 0.5) is 0 Å². The number of esters is 1. The lowest BCUT2D eigenvalue weighted by Gasteiger charge is -2.11. The number of carbonyl (C=O) groups is 2. The first-order valence-electron chi connectivity index (χ1n) is 8.77. The van der Waals surface area contributed by atoms with Crippen LogP contribution in [0.5, 0.6) is 11.5 Å². The van der Waals surface area contributed by atoms with Crippen molar-refractivity contribution in [2.45, 2.75) is 13.8 Å². The minimum absolute atomic E-state index is 0.130. The number of rotatable bonds is 7. The molecule has 1 aliphatic rings. The molecular formula is C21H19NO6. The van der Waals surface area contributed by atoms with Gasteiger partial charge in [0.25, 0.3) is 0 Å². The first-order chi connectivity index (χ1) is 13.5. The van der Waals surface area contributed by atoms with Crippen LogP contribution in [0.2, 0.25) is 0 Å². The van der Waals surface area contributed by atoms with Crippen molar-refractivity contribution < 1.29 is 28.9 Å². The number of nitrogens with zero attached hydrogens (tertiary/aromatic N) is 1. The zero-order valence-electron chi connectivity index (χ0n) is 15.5. The fourth-order valence-corrected chi connectivity index (χ4v) is 2.60. The summed E-state index contributed by atoms with van der Waals surface area (Å²) in [5, 5.41) is 8.95. The predicted molar refractivity (Wildman–Crippen MR) is 103 cm³/mol. The molecule has 0 atom stereocenters. The summed E-state index contributed by atoms with van der Waals surface area (Å²) in [6, 6.07) is 11.3. The summed E-state index contributed by atoms with van der Waals surface area (Å²) in [7, 11) is 0. The number of hydrogen-bond donors (Lipinski definition) is 1. The average molecular weight is 381 g/mol. The Bertz CT molecular complexity index is 959. The third-order valence-electron chi connectivity index (χ3n) is 3.87. The molecule has 0 amide bonds. The number of carbonyl (C=O) groups excluding carboxylic acids is 1. The van der Waals surface area contributed by atoms with Crippen LogP contribution in [-0.4, -0.2) is 36.2 Å². The van der Waals surface area contributed by atoms with E-state index in [1.807, 2.05) is 13.8 Å². The zero-order valence-corrected chi connectivity index (χ0v) is 15.5. The molecule has 7 heteroatoms. The maximum absolute atomic E-state index is 12.2. The lowest BCUT2D eigenvalue weighted by atomic mass is 10.1.